The fourth-order valence-corrected chi connectivity index (χ4v) is 3.77. The Bertz CT molecular complexity index is 577. The van der Waals surface area contributed by atoms with E-state index < -0.39 is 5.60 Å². The number of fused-ring (bicyclic) bond motifs is 1. The van der Waals surface area contributed by atoms with Crippen molar-refractivity contribution in [2.45, 2.75) is 58.1 Å². The van der Waals surface area contributed by atoms with Crippen LogP contribution in [0.4, 0.5) is 4.79 Å². The van der Waals surface area contributed by atoms with Gasteiger partial charge in [-0.2, -0.15) is 0 Å². The number of aromatic nitrogens is 2. The molecule has 2 unspecified atom stereocenters. The lowest BCUT2D eigenvalue weighted by atomic mass is 9.75. The van der Waals surface area contributed by atoms with Gasteiger partial charge in [0.25, 0.3) is 0 Å². The molecule has 0 spiro atoms. The van der Waals surface area contributed by atoms with Gasteiger partial charge in [-0.05, 0) is 40.5 Å². The highest BCUT2D eigenvalue weighted by Gasteiger charge is 2.43. The number of nitrogens with zero attached hydrogens (tertiary/aromatic N) is 2. The maximum absolute atomic E-state index is 12.4. The maximum atomic E-state index is 12.4. The highest BCUT2D eigenvalue weighted by Crippen LogP contribution is 2.38. The Morgan fingerprint density at radius 3 is 3.00 bits per heavy atom. The number of aromatic amines is 1. The van der Waals surface area contributed by atoms with Crippen molar-refractivity contribution in [1.82, 2.24) is 20.2 Å². The van der Waals surface area contributed by atoms with Gasteiger partial charge in [-0.25, -0.2) is 9.78 Å². The topological polar surface area (TPSA) is 70.2 Å². The second-order valence-corrected chi connectivity index (χ2v) is 7.87. The van der Waals surface area contributed by atoms with Crippen LogP contribution < -0.4 is 5.32 Å². The quantitative estimate of drug-likeness (QED) is 0.834. The van der Waals surface area contributed by atoms with Gasteiger partial charge in [0.1, 0.15) is 5.60 Å². The summed E-state index contributed by atoms with van der Waals surface area (Å²) in [7, 11) is 0. The first-order valence-electron chi connectivity index (χ1n) is 8.55. The Morgan fingerprint density at radius 1 is 1.48 bits per heavy atom. The molecule has 2 atom stereocenters. The van der Waals surface area contributed by atoms with Crippen molar-refractivity contribution in [3.63, 3.8) is 0 Å². The first kappa shape index (κ1) is 16.3. The van der Waals surface area contributed by atoms with E-state index in [1.54, 1.807) is 6.33 Å². The van der Waals surface area contributed by atoms with E-state index in [9.17, 15) is 4.79 Å². The first-order chi connectivity index (χ1) is 10.8. The highest BCUT2D eigenvalue weighted by molar-refractivity contribution is 5.68. The molecule has 2 aliphatic heterocycles. The molecule has 6 heteroatoms. The minimum absolute atomic E-state index is 0.186. The van der Waals surface area contributed by atoms with E-state index >= 15 is 0 Å². The third-order valence-electron chi connectivity index (χ3n) is 4.97. The number of piperidine rings is 1. The van der Waals surface area contributed by atoms with Crippen LogP contribution in [0.5, 0.6) is 0 Å². The highest BCUT2D eigenvalue weighted by atomic mass is 16.6. The molecule has 3 heterocycles. The van der Waals surface area contributed by atoms with Gasteiger partial charge in [-0.3, -0.25) is 0 Å². The van der Waals surface area contributed by atoms with Gasteiger partial charge in [0.2, 0.25) is 0 Å². The summed E-state index contributed by atoms with van der Waals surface area (Å²) in [5.74, 6) is 0.339. The molecule has 0 bridgehead atoms. The lowest BCUT2D eigenvalue weighted by molar-refractivity contribution is 0.00887. The molecule has 0 aromatic carbocycles. The van der Waals surface area contributed by atoms with Gasteiger partial charge in [0, 0.05) is 37.7 Å². The zero-order valence-electron chi connectivity index (χ0n) is 14.6. The molecule has 1 aromatic rings. The molecule has 1 aromatic heterocycles. The number of likely N-dealkylation sites (tertiary alicyclic amines) is 1. The first-order valence-corrected chi connectivity index (χ1v) is 8.55. The predicted molar refractivity (Wildman–Crippen MR) is 88.2 cm³/mol. The Labute approximate surface area is 138 Å². The van der Waals surface area contributed by atoms with Crippen LogP contribution in [-0.4, -0.2) is 46.2 Å². The summed E-state index contributed by atoms with van der Waals surface area (Å²) in [6.45, 7) is 10.4. The van der Waals surface area contributed by atoms with Crippen LogP contribution in [0.25, 0.3) is 0 Å². The molecule has 0 aliphatic carbocycles. The van der Waals surface area contributed by atoms with Crippen molar-refractivity contribution in [1.29, 1.82) is 0 Å². The summed E-state index contributed by atoms with van der Waals surface area (Å²) in [6.07, 6.45) is 4.65. The molecule has 1 fully saturated rings. The van der Waals surface area contributed by atoms with Gasteiger partial charge >= 0.3 is 6.09 Å². The van der Waals surface area contributed by atoms with Crippen LogP contribution >= 0.6 is 0 Å². The van der Waals surface area contributed by atoms with Crippen LogP contribution in [0.3, 0.4) is 0 Å². The smallest absolute Gasteiger partial charge is 0.410 e. The van der Waals surface area contributed by atoms with Gasteiger partial charge in [0.05, 0.1) is 17.6 Å². The van der Waals surface area contributed by atoms with Crippen molar-refractivity contribution in [2.75, 3.05) is 19.6 Å². The number of carbonyl (C=O) groups is 1. The summed E-state index contributed by atoms with van der Waals surface area (Å²) < 4.78 is 5.55. The molecule has 6 nitrogen and oxygen atoms in total. The second kappa shape index (κ2) is 5.82. The van der Waals surface area contributed by atoms with Crippen molar-refractivity contribution in [3.8, 4) is 0 Å². The van der Waals surface area contributed by atoms with E-state index in [0.29, 0.717) is 12.5 Å². The molecule has 128 valence electrons. The van der Waals surface area contributed by atoms with Crippen LogP contribution in [0.1, 0.15) is 51.9 Å². The maximum Gasteiger partial charge on any atom is 0.410 e. The number of hydrogen-bond acceptors (Lipinski definition) is 4. The van der Waals surface area contributed by atoms with Crippen molar-refractivity contribution in [3.05, 3.63) is 17.7 Å². The summed E-state index contributed by atoms with van der Waals surface area (Å²) in [5.41, 5.74) is 1.70. The largest absolute Gasteiger partial charge is 0.444 e. The van der Waals surface area contributed by atoms with E-state index in [2.05, 4.69) is 22.2 Å². The van der Waals surface area contributed by atoms with Crippen LogP contribution in [0, 0.1) is 5.92 Å². The fourth-order valence-electron chi connectivity index (χ4n) is 3.77. The molecule has 3 rings (SSSR count). The van der Waals surface area contributed by atoms with Crippen molar-refractivity contribution < 1.29 is 9.53 Å². The second-order valence-electron chi connectivity index (χ2n) is 7.87. The van der Waals surface area contributed by atoms with E-state index in [1.165, 1.54) is 5.69 Å². The summed E-state index contributed by atoms with van der Waals surface area (Å²) in [6, 6.07) is 0. The fraction of sp³-hybridized carbons (Fsp3) is 0.765. The molecule has 1 amide bonds. The third kappa shape index (κ3) is 3.22. The van der Waals surface area contributed by atoms with E-state index in [-0.39, 0.29) is 11.6 Å². The lowest BCUT2D eigenvalue weighted by Crippen LogP contribution is -2.56. The number of ether oxygens (including phenoxy) is 1. The van der Waals surface area contributed by atoms with Gasteiger partial charge in [0.15, 0.2) is 0 Å². The number of nitrogens with one attached hydrogen (secondary N) is 2. The minimum atomic E-state index is -0.452. The zero-order valence-corrected chi connectivity index (χ0v) is 14.6. The number of amides is 1. The van der Waals surface area contributed by atoms with Crippen LogP contribution in [0.15, 0.2) is 6.33 Å². The van der Waals surface area contributed by atoms with Crippen molar-refractivity contribution in [2.24, 2.45) is 5.92 Å². The molecular weight excluding hydrogens is 292 g/mol. The SMILES string of the molecule is CC(C)(C)OC(=O)N1CCCC(C2(C)NCCc3[nH]cnc32)C1. The molecule has 0 radical (unpaired) electrons. The van der Waals surface area contributed by atoms with Crippen LogP contribution in [-0.2, 0) is 16.7 Å². The number of H-pyrrole nitrogens is 1. The van der Waals surface area contributed by atoms with Gasteiger partial charge < -0.3 is 19.9 Å². The van der Waals surface area contributed by atoms with Gasteiger partial charge in [-0.1, -0.05) is 0 Å². The minimum Gasteiger partial charge on any atom is -0.444 e. The molecule has 2 aliphatic rings. The molecular formula is C17H28N4O2. The van der Waals surface area contributed by atoms with Gasteiger partial charge in [-0.15, -0.1) is 0 Å². The standard InChI is InChI=1S/C17H28N4O2/c1-16(2,3)23-15(22)21-9-5-6-12(10-21)17(4)14-13(7-8-20-17)18-11-19-14/h11-12,20H,5-10H2,1-4H3,(H,18,19). The Kier molecular flexibility index (Phi) is 4.12. The molecule has 0 saturated carbocycles. The molecule has 23 heavy (non-hydrogen) atoms. The zero-order chi connectivity index (χ0) is 16.7. The summed E-state index contributed by atoms with van der Waals surface area (Å²) in [5, 5.41) is 3.65. The van der Waals surface area contributed by atoms with E-state index in [4.69, 9.17) is 4.74 Å². The predicted octanol–water partition coefficient (Wildman–Crippen LogP) is 2.42. The molecule has 2 N–H and O–H groups in total. The van der Waals surface area contributed by atoms with E-state index in [0.717, 1.165) is 38.0 Å². The van der Waals surface area contributed by atoms with Crippen molar-refractivity contribution >= 4 is 6.09 Å². The average Bonchev–Trinajstić information content (AvgIpc) is 2.96. The Morgan fingerprint density at radius 2 is 2.26 bits per heavy atom. The number of hydrogen-bond donors (Lipinski definition) is 2. The Balaban J connectivity index is 1.76. The number of imidazole rings is 1. The number of carbonyl (C=O) groups excluding carboxylic acids is 1. The molecule has 1 saturated heterocycles. The summed E-state index contributed by atoms with van der Waals surface area (Å²) in [4.78, 5) is 22.1. The Hall–Kier alpha value is -1.56. The van der Waals surface area contributed by atoms with Crippen LogP contribution in [0.2, 0.25) is 0 Å². The van der Waals surface area contributed by atoms with E-state index in [1.807, 2.05) is 25.7 Å². The lowest BCUT2D eigenvalue weighted by Gasteiger charge is -2.45. The summed E-state index contributed by atoms with van der Waals surface area (Å²) >= 11 is 0. The monoisotopic (exact) mass is 320 g/mol. The number of rotatable bonds is 1. The third-order valence-corrected chi connectivity index (χ3v) is 4.97. The normalized spacial score (nSPS) is 28.3. The average molecular weight is 320 g/mol.